The van der Waals surface area contributed by atoms with Crippen molar-refractivity contribution in [1.29, 1.82) is 0 Å². The van der Waals surface area contributed by atoms with Crippen molar-refractivity contribution in [2.45, 2.75) is 33.6 Å². The number of aromatic amines is 1. The van der Waals surface area contributed by atoms with Gasteiger partial charge >= 0.3 is 12.0 Å². The van der Waals surface area contributed by atoms with Crippen molar-refractivity contribution in [2.75, 3.05) is 27.5 Å². The zero-order valence-electron chi connectivity index (χ0n) is 26.4. The number of rotatable bonds is 12. The third-order valence-corrected chi connectivity index (χ3v) is 12.5. The van der Waals surface area contributed by atoms with Crippen LogP contribution in [0.3, 0.4) is 0 Å². The summed E-state index contributed by atoms with van der Waals surface area (Å²) >= 11 is 4.83. The molecule has 1 saturated heterocycles. The van der Waals surface area contributed by atoms with Gasteiger partial charge in [-0.15, -0.1) is 33.3 Å². The van der Waals surface area contributed by atoms with E-state index >= 15 is 0 Å². The molecule has 3 atom stereocenters. The maximum atomic E-state index is 14.0. The number of H-pyrrole nitrogens is 1. The molecule has 10 N–H and O–H groups in total. The van der Waals surface area contributed by atoms with Crippen LogP contribution in [0, 0.1) is 6.92 Å². The van der Waals surface area contributed by atoms with Crippen molar-refractivity contribution < 1.29 is 32.7 Å². The Hall–Kier alpha value is -5.08. The van der Waals surface area contributed by atoms with Crippen LogP contribution in [0.25, 0.3) is 0 Å². The Balaban J connectivity index is 1.24. The fourth-order valence-corrected chi connectivity index (χ4v) is 9.59. The summed E-state index contributed by atoms with van der Waals surface area (Å²) in [6.07, 6.45) is 0.973. The number of primary amides is 1. The van der Waals surface area contributed by atoms with Gasteiger partial charge in [0.2, 0.25) is 21.9 Å². The number of aromatic nitrogens is 5. The van der Waals surface area contributed by atoms with Gasteiger partial charge in [0.15, 0.2) is 15.5 Å². The van der Waals surface area contributed by atoms with Gasteiger partial charge in [-0.25, -0.2) is 33.1 Å². The van der Waals surface area contributed by atoms with Crippen molar-refractivity contribution in [2.24, 2.45) is 10.9 Å². The number of hydrogen-bond acceptors (Lipinski definition) is 17. The van der Waals surface area contributed by atoms with E-state index in [0.717, 1.165) is 27.4 Å². The van der Waals surface area contributed by atoms with Gasteiger partial charge in [-0.05, 0) is 36.8 Å². The Bertz CT molecular complexity index is 2290. The zero-order chi connectivity index (χ0) is 37.5. The number of nitrogens with zero attached hydrogens (tertiary/aromatic N) is 6. The predicted octanol–water partition coefficient (Wildman–Crippen LogP) is 0.517. The quantitative estimate of drug-likeness (QED) is 0.0758. The molecule has 2 aliphatic heterocycles. The summed E-state index contributed by atoms with van der Waals surface area (Å²) in [5, 5.41) is 29.9. The van der Waals surface area contributed by atoms with Crippen molar-refractivity contribution in [1.82, 2.24) is 35.4 Å². The lowest BCUT2D eigenvalue weighted by Crippen LogP contribution is -2.71. The minimum absolute atomic E-state index is 0.0244. The average Bonchev–Trinajstić information content (AvgIpc) is 3.71. The number of nitrogens with two attached hydrogens (primary N) is 3. The number of sulfonamides is 1. The van der Waals surface area contributed by atoms with Gasteiger partial charge in [0, 0.05) is 22.6 Å². The first-order valence-electron chi connectivity index (χ1n) is 14.5. The second-order valence-corrected chi connectivity index (χ2v) is 16.9. The van der Waals surface area contributed by atoms with E-state index < -0.39 is 62.5 Å². The third-order valence-electron chi connectivity index (χ3n) is 7.47. The molecule has 20 nitrogen and oxygen atoms in total. The number of carboxylic acid groups (broad SMARTS) is 1. The smallest absolute Gasteiger partial charge is 0.352 e. The lowest BCUT2D eigenvalue weighted by atomic mass is 10.0. The highest BCUT2D eigenvalue weighted by Gasteiger charge is 2.55. The van der Waals surface area contributed by atoms with Crippen molar-refractivity contribution in [3.63, 3.8) is 0 Å². The number of fused-ring (bicyclic) bond motifs is 1. The molecule has 1 aromatic carbocycles. The molecule has 52 heavy (non-hydrogen) atoms. The summed E-state index contributed by atoms with van der Waals surface area (Å²) in [5.74, 6) is -2.61. The highest BCUT2D eigenvalue weighted by atomic mass is 32.2. The second kappa shape index (κ2) is 14.5. The van der Waals surface area contributed by atoms with Crippen LogP contribution < -0.4 is 37.7 Å². The molecular formula is C27H26N12O8S5. The molecule has 4 aromatic rings. The van der Waals surface area contributed by atoms with Gasteiger partial charge in [-0.3, -0.25) is 29.2 Å². The standard InChI is InChI=1S/C27H26N12O8S5/c1-10-36-37-27(51-10)50-8-11-7-48-22-16(21(42)39(22)17(11)23(43)44)34-20(41)18(14-9-49-24(28)33-14)38(25(29)45)15-6-31-26(35-19(15)40)32-12-2-4-13(5-3-12)52(30,46)47/h2-6,9,16,18,22H,7-8H2,1H3,(H2,28,33)(H2,29,45)(H,34,41)(H,43,44)(H2,30,46,47)(H2,31,32,35,40)/t16-,18?,22+/m1/s1. The maximum Gasteiger partial charge on any atom is 0.352 e. The Morgan fingerprint density at radius 3 is 2.52 bits per heavy atom. The summed E-state index contributed by atoms with van der Waals surface area (Å²) in [4.78, 5) is 78.3. The normalized spacial score (nSPS) is 17.6. The van der Waals surface area contributed by atoms with E-state index in [-0.39, 0.29) is 38.9 Å². The van der Waals surface area contributed by atoms with Crippen molar-refractivity contribution in [3.8, 4) is 0 Å². The number of carboxylic acids is 1. The van der Waals surface area contributed by atoms with Gasteiger partial charge < -0.3 is 27.2 Å². The fourth-order valence-electron chi connectivity index (χ4n) is 5.20. The number of thiazole rings is 1. The monoisotopic (exact) mass is 806 g/mol. The molecule has 25 heteroatoms. The molecule has 2 aliphatic rings. The van der Waals surface area contributed by atoms with E-state index in [0.29, 0.717) is 20.5 Å². The number of aliphatic carboxylic acids is 1. The Kier molecular flexibility index (Phi) is 10.2. The highest BCUT2D eigenvalue weighted by Crippen LogP contribution is 2.42. The van der Waals surface area contributed by atoms with Crippen LogP contribution in [-0.2, 0) is 24.4 Å². The number of β-lactam (4-membered cyclic amide) rings is 1. The van der Waals surface area contributed by atoms with E-state index in [1.54, 1.807) is 6.92 Å². The maximum absolute atomic E-state index is 14.0. The number of aryl methyl sites for hydroxylation is 1. The van der Waals surface area contributed by atoms with Crippen LogP contribution in [0.4, 0.5) is 27.2 Å². The Morgan fingerprint density at radius 2 is 1.94 bits per heavy atom. The molecule has 0 aliphatic carbocycles. The number of nitrogens with one attached hydrogen (secondary N) is 3. The molecule has 5 heterocycles. The first kappa shape index (κ1) is 36.7. The van der Waals surface area contributed by atoms with Crippen LogP contribution in [0.1, 0.15) is 16.7 Å². The van der Waals surface area contributed by atoms with Crippen molar-refractivity contribution in [3.05, 3.63) is 68.2 Å². The minimum atomic E-state index is -3.94. The topological polar surface area (TPSA) is 316 Å². The first-order chi connectivity index (χ1) is 24.6. The summed E-state index contributed by atoms with van der Waals surface area (Å²) in [5.41, 5.74) is 10.7. The number of hydrogen-bond donors (Lipinski definition) is 7. The van der Waals surface area contributed by atoms with Crippen LogP contribution in [0.2, 0.25) is 0 Å². The number of thioether (sulfide) groups is 2. The molecule has 0 saturated carbocycles. The van der Waals surface area contributed by atoms with E-state index in [1.807, 2.05) is 0 Å². The van der Waals surface area contributed by atoms with Crippen LogP contribution in [0.5, 0.6) is 0 Å². The molecule has 0 bridgehead atoms. The molecule has 1 unspecified atom stereocenters. The van der Waals surface area contributed by atoms with Crippen LogP contribution in [-0.4, -0.2) is 90.3 Å². The van der Waals surface area contributed by atoms with Crippen molar-refractivity contribution >= 4 is 102 Å². The number of carbonyl (C=O) groups is 4. The SMILES string of the molecule is Cc1nnc(SCC2=C(C(=O)O)N3C(=O)[C@@H](NC(=O)C(c4csc(N)n4)N(C(N)=O)c4cnc(Nc5ccc(S(N)(=O)=O)cc5)[nH]c4=O)[C@@H]3SC2)s1. The molecule has 4 amide bonds. The lowest BCUT2D eigenvalue weighted by molar-refractivity contribution is -0.150. The number of urea groups is 1. The third kappa shape index (κ3) is 7.44. The second-order valence-electron chi connectivity index (χ2n) is 10.9. The molecule has 6 rings (SSSR count). The zero-order valence-corrected chi connectivity index (χ0v) is 30.5. The molecule has 272 valence electrons. The number of benzene rings is 1. The van der Waals surface area contributed by atoms with E-state index in [9.17, 15) is 37.5 Å². The summed E-state index contributed by atoms with van der Waals surface area (Å²) in [6, 6.07) is 1.04. The molecule has 0 radical (unpaired) electrons. The van der Waals surface area contributed by atoms with Crippen LogP contribution in [0.15, 0.2) is 61.1 Å². The molecule has 0 spiro atoms. The number of nitrogen functional groups attached to an aromatic ring is 1. The van der Waals surface area contributed by atoms with Gasteiger partial charge in [0.1, 0.15) is 27.8 Å². The van der Waals surface area contributed by atoms with Gasteiger partial charge in [0.25, 0.3) is 11.5 Å². The summed E-state index contributed by atoms with van der Waals surface area (Å²) in [7, 11) is -3.94. The fraction of sp³-hybridized carbons (Fsp3) is 0.222. The van der Waals surface area contributed by atoms with E-state index in [1.165, 1.54) is 64.5 Å². The molecule has 3 aromatic heterocycles. The number of carbonyl (C=O) groups excluding carboxylic acids is 3. The number of primary sulfonamides is 1. The number of amides is 4. The van der Waals surface area contributed by atoms with Gasteiger partial charge in [-0.2, -0.15) is 0 Å². The largest absolute Gasteiger partial charge is 0.477 e. The van der Waals surface area contributed by atoms with Crippen LogP contribution >= 0.6 is 46.2 Å². The Morgan fingerprint density at radius 1 is 1.21 bits per heavy atom. The summed E-state index contributed by atoms with van der Waals surface area (Å²) < 4.78 is 23.7. The molecule has 1 fully saturated rings. The first-order valence-corrected chi connectivity index (χ1v) is 19.8. The molecular weight excluding hydrogens is 781 g/mol. The van der Waals surface area contributed by atoms with Gasteiger partial charge in [-0.1, -0.05) is 23.1 Å². The predicted molar refractivity (Wildman–Crippen MR) is 192 cm³/mol. The highest BCUT2D eigenvalue weighted by molar-refractivity contribution is 8.01. The Labute approximate surface area is 309 Å². The van der Waals surface area contributed by atoms with E-state index in [4.69, 9.17) is 16.6 Å². The summed E-state index contributed by atoms with van der Waals surface area (Å²) in [6.45, 7) is 1.79. The lowest BCUT2D eigenvalue weighted by Gasteiger charge is -2.49. The van der Waals surface area contributed by atoms with Gasteiger partial charge in [0.05, 0.1) is 16.8 Å². The average molecular weight is 807 g/mol. The number of anilines is 4. The van der Waals surface area contributed by atoms with E-state index in [2.05, 4.69) is 35.8 Å². The minimum Gasteiger partial charge on any atom is -0.477 e.